The van der Waals surface area contributed by atoms with Crippen LogP contribution in [0.5, 0.6) is 0 Å². The number of nitrogens with two attached hydrogens (primary N) is 2. The van der Waals surface area contributed by atoms with Gasteiger partial charge < -0.3 is 16.6 Å². The fraction of sp³-hybridized carbons (Fsp3) is 0.500. The number of hydrogen-bond donors (Lipinski definition) is 3. The van der Waals surface area contributed by atoms with Crippen LogP contribution in [0.1, 0.15) is 60.4 Å². The molecule has 0 spiro atoms. The summed E-state index contributed by atoms with van der Waals surface area (Å²) in [6.45, 7) is 0. The van der Waals surface area contributed by atoms with E-state index in [4.69, 9.17) is 16.6 Å². The summed E-state index contributed by atoms with van der Waals surface area (Å²) in [5.74, 6) is -1.01. The maximum Gasteiger partial charge on any atom is 0.320 e. The highest BCUT2D eigenvalue weighted by atomic mass is 16.4. The van der Waals surface area contributed by atoms with E-state index < -0.39 is 12.0 Å². The molecule has 1 aliphatic carbocycles. The number of anilines is 1. The highest BCUT2D eigenvalue weighted by Gasteiger charge is 2.21. The van der Waals surface area contributed by atoms with Crippen molar-refractivity contribution in [2.75, 3.05) is 5.73 Å². The van der Waals surface area contributed by atoms with Gasteiger partial charge >= 0.3 is 5.97 Å². The van der Waals surface area contributed by atoms with Crippen molar-refractivity contribution in [1.29, 1.82) is 0 Å². The van der Waals surface area contributed by atoms with Crippen LogP contribution in [-0.4, -0.2) is 22.9 Å². The van der Waals surface area contributed by atoms with Crippen molar-refractivity contribution in [1.82, 2.24) is 0 Å². The quantitative estimate of drug-likeness (QED) is 0.570. The van der Waals surface area contributed by atoms with E-state index >= 15 is 0 Å². The number of carbonyl (C=O) groups is 2. The molecule has 5 heteroatoms. The molecule has 2 rings (SSSR count). The Morgan fingerprint density at radius 1 is 1.24 bits per heavy atom. The van der Waals surface area contributed by atoms with E-state index in [1.165, 1.54) is 19.3 Å². The Labute approximate surface area is 124 Å². The number of rotatable bonds is 5. The topological polar surface area (TPSA) is 106 Å². The van der Waals surface area contributed by atoms with E-state index in [9.17, 15) is 9.59 Å². The van der Waals surface area contributed by atoms with Gasteiger partial charge in [-0.25, -0.2) is 0 Å². The first-order chi connectivity index (χ1) is 9.99. The van der Waals surface area contributed by atoms with Crippen molar-refractivity contribution >= 4 is 17.4 Å². The molecule has 5 nitrogen and oxygen atoms in total. The molecule has 0 radical (unpaired) electrons. The summed E-state index contributed by atoms with van der Waals surface area (Å²) in [5, 5.41) is 8.80. The molecule has 0 bridgehead atoms. The maximum atomic E-state index is 12.2. The molecule has 1 atom stereocenters. The average molecular weight is 290 g/mol. The average Bonchev–Trinajstić information content (AvgIpc) is 2.48. The van der Waals surface area contributed by atoms with Crippen molar-refractivity contribution in [2.24, 2.45) is 5.73 Å². The first-order valence-electron chi connectivity index (χ1n) is 7.40. The van der Waals surface area contributed by atoms with Gasteiger partial charge in [0.2, 0.25) is 0 Å². The molecule has 0 unspecified atom stereocenters. The zero-order chi connectivity index (χ0) is 15.4. The third kappa shape index (κ3) is 3.82. The number of ketones is 1. The van der Waals surface area contributed by atoms with Crippen LogP contribution in [0, 0.1) is 0 Å². The van der Waals surface area contributed by atoms with Crippen LogP contribution in [0.15, 0.2) is 18.2 Å². The summed E-state index contributed by atoms with van der Waals surface area (Å²) in [5.41, 5.74) is 13.2. The van der Waals surface area contributed by atoms with Crippen molar-refractivity contribution in [3.63, 3.8) is 0 Å². The lowest BCUT2D eigenvalue weighted by Gasteiger charge is -2.22. The molecule has 5 N–H and O–H groups in total. The molecular weight excluding hydrogens is 268 g/mol. The molecule has 1 fully saturated rings. The van der Waals surface area contributed by atoms with Crippen LogP contribution in [0.3, 0.4) is 0 Å². The second-order valence-electron chi connectivity index (χ2n) is 5.75. The molecule has 0 saturated heterocycles. The molecule has 0 heterocycles. The molecule has 0 aromatic heterocycles. The highest BCUT2D eigenvalue weighted by Crippen LogP contribution is 2.34. The second kappa shape index (κ2) is 6.72. The summed E-state index contributed by atoms with van der Waals surface area (Å²) in [6.07, 6.45) is 5.72. The van der Waals surface area contributed by atoms with Crippen molar-refractivity contribution < 1.29 is 14.7 Å². The van der Waals surface area contributed by atoms with Gasteiger partial charge in [0.25, 0.3) is 0 Å². The molecular formula is C16H22N2O3. The lowest BCUT2D eigenvalue weighted by atomic mass is 9.83. The molecule has 0 amide bonds. The minimum atomic E-state index is -1.18. The number of nitrogen functional groups attached to an aromatic ring is 1. The fourth-order valence-corrected chi connectivity index (χ4v) is 2.90. The molecule has 114 valence electrons. The molecule has 0 aliphatic heterocycles. The van der Waals surface area contributed by atoms with Gasteiger partial charge in [-0.3, -0.25) is 9.59 Å². The van der Waals surface area contributed by atoms with Crippen LogP contribution in [0.25, 0.3) is 0 Å². The van der Waals surface area contributed by atoms with Crippen LogP contribution in [-0.2, 0) is 4.79 Å². The molecule has 1 aromatic rings. The number of carbonyl (C=O) groups excluding carboxylic acids is 1. The predicted octanol–water partition coefficient (Wildman–Crippen LogP) is 2.30. The third-order valence-corrected chi connectivity index (χ3v) is 4.18. The molecule has 1 aliphatic rings. The van der Waals surface area contributed by atoms with Gasteiger partial charge in [0, 0.05) is 17.7 Å². The summed E-state index contributed by atoms with van der Waals surface area (Å²) < 4.78 is 0. The third-order valence-electron chi connectivity index (χ3n) is 4.18. The van der Waals surface area contributed by atoms with E-state index in [1.54, 1.807) is 6.07 Å². The van der Waals surface area contributed by atoms with Crippen LogP contribution in [0.4, 0.5) is 5.69 Å². The van der Waals surface area contributed by atoms with Gasteiger partial charge in [-0.15, -0.1) is 0 Å². The Bertz CT molecular complexity index is 536. The molecule has 21 heavy (non-hydrogen) atoms. The summed E-state index contributed by atoms with van der Waals surface area (Å²) in [4.78, 5) is 22.9. The fourth-order valence-electron chi connectivity index (χ4n) is 2.90. The smallest absolute Gasteiger partial charge is 0.320 e. The van der Waals surface area contributed by atoms with E-state index in [-0.39, 0.29) is 12.2 Å². The Balaban J connectivity index is 2.18. The predicted molar refractivity (Wildman–Crippen MR) is 81.2 cm³/mol. The number of Topliss-reactive ketones (excluding diaryl/α,β-unsaturated/α-hetero) is 1. The van der Waals surface area contributed by atoms with Crippen LogP contribution < -0.4 is 11.5 Å². The van der Waals surface area contributed by atoms with E-state index in [0.717, 1.165) is 18.4 Å². The Morgan fingerprint density at radius 3 is 2.52 bits per heavy atom. The first kappa shape index (κ1) is 15.5. The second-order valence-corrected chi connectivity index (χ2v) is 5.75. The molecule has 1 saturated carbocycles. The van der Waals surface area contributed by atoms with Gasteiger partial charge in [-0.2, -0.15) is 0 Å². The van der Waals surface area contributed by atoms with Gasteiger partial charge in [0.05, 0.1) is 0 Å². The number of hydrogen-bond acceptors (Lipinski definition) is 4. The summed E-state index contributed by atoms with van der Waals surface area (Å²) >= 11 is 0. The normalized spacial score (nSPS) is 17.4. The Hall–Kier alpha value is -1.88. The van der Waals surface area contributed by atoms with Crippen molar-refractivity contribution in [2.45, 2.75) is 50.5 Å². The largest absolute Gasteiger partial charge is 0.480 e. The van der Waals surface area contributed by atoms with Gasteiger partial charge in [0.15, 0.2) is 5.78 Å². The lowest BCUT2D eigenvalue weighted by Crippen LogP contribution is -2.32. The standard InChI is InChI=1S/C16H22N2O3/c17-13-7-6-11(10-4-2-1-3-5-10)8-12(13)15(19)9-14(18)16(20)21/h6-8,10,14H,1-5,9,17-18H2,(H,20,21)/t14-/m1/s1. The van der Waals surface area contributed by atoms with Crippen molar-refractivity contribution in [3.05, 3.63) is 29.3 Å². The number of carboxylic acids is 1. The maximum absolute atomic E-state index is 12.2. The van der Waals surface area contributed by atoms with Gasteiger partial charge in [-0.05, 0) is 36.5 Å². The van der Waals surface area contributed by atoms with Gasteiger partial charge in [0.1, 0.15) is 6.04 Å². The van der Waals surface area contributed by atoms with Crippen LogP contribution >= 0.6 is 0 Å². The summed E-state index contributed by atoms with van der Waals surface area (Å²) in [6, 6.07) is 4.35. The minimum Gasteiger partial charge on any atom is -0.480 e. The first-order valence-corrected chi connectivity index (χ1v) is 7.40. The Morgan fingerprint density at radius 2 is 1.90 bits per heavy atom. The monoisotopic (exact) mass is 290 g/mol. The lowest BCUT2D eigenvalue weighted by molar-refractivity contribution is -0.138. The zero-order valence-corrected chi connectivity index (χ0v) is 12.0. The molecule has 1 aromatic carbocycles. The van der Waals surface area contributed by atoms with E-state index in [1.807, 2.05) is 12.1 Å². The zero-order valence-electron chi connectivity index (χ0n) is 12.0. The number of carboxylic acid groups (broad SMARTS) is 1. The van der Waals surface area contributed by atoms with E-state index in [2.05, 4.69) is 0 Å². The highest BCUT2D eigenvalue weighted by molar-refractivity contribution is 6.02. The SMILES string of the molecule is Nc1ccc(C2CCCCC2)cc1C(=O)C[C@@H](N)C(=O)O. The number of benzene rings is 1. The minimum absolute atomic E-state index is 0.229. The van der Waals surface area contributed by atoms with Gasteiger partial charge in [-0.1, -0.05) is 25.3 Å². The van der Waals surface area contributed by atoms with Crippen molar-refractivity contribution in [3.8, 4) is 0 Å². The summed E-state index contributed by atoms with van der Waals surface area (Å²) in [7, 11) is 0. The number of aliphatic carboxylic acids is 1. The Kier molecular flexibility index (Phi) is 4.96. The van der Waals surface area contributed by atoms with E-state index in [0.29, 0.717) is 17.2 Å². The van der Waals surface area contributed by atoms with Crippen LogP contribution in [0.2, 0.25) is 0 Å².